The van der Waals surface area contributed by atoms with Crippen LogP contribution in [-0.2, 0) is 0 Å². The van der Waals surface area contributed by atoms with Gasteiger partial charge in [0.05, 0.1) is 5.69 Å². The summed E-state index contributed by atoms with van der Waals surface area (Å²) in [6.07, 6.45) is 5.16. The molecule has 0 spiro atoms. The number of rotatable bonds is 5. The maximum absolute atomic E-state index is 4.30. The Morgan fingerprint density at radius 3 is 2.40 bits per heavy atom. The highest BCUT2D eigenvalue weighted by Crippen LogP contribution is 2.36. The fourth-order valence-corrected chi connectivity index (χ4v) is 2.50. The van der Waals surface area contributed by atoms with E-state index >= 15 is 0 Å². The predicted octanol–water partition coefficient (Wildman–Crippen LogP) is 4.23. The van der Waals surface area contributed by atoms with Gasteiger partial charge in [0.15, 0.2) is 0 Å². The Bertz CT molecular complexity index is 541. The molecule has 20 heavy (non-hydrogen) atoms. The highest BCUT2D eigenvalue weighted by molar-refractivity contribution is 5.60. The Morgan fingerprint density at radius 2 is 1.85 bits per heavy atom. The first-order valence-corrected chi connectivity index (χ1v) is 7.55. The molecule has 0 unspecified atom stereocenters. The van der Waals surface area contributed by atoms with E-state index in [0.29, 0.717) is 0 Å². The van der Waals surface area contributed by atoms with E-state index in [2.05, 4.69) is 46.7 Å². The highest BCUT2D eigenvalue weighted by atomic mass is 15.2. The summed E-state index contributed by atoms with van der Waals surface area (Å²) in [6, 6.07) is 12.8. The zero-order valence-electron chi connectivity index (χ0n) is 12.0. The van der Waals surface area contributed by atoms with Gasteiger partial charge in [0.1, 0.15) is 5.82 Å². The van der Waals surface area contributed by atoms with E-state index in [1.54, 1.807) is 0 Å². The first kappa shape index (κ1) is 13.1. The van der Waals surface area contributed by atoms with Crippen molar-refractivity contribution in [3.05, 3.63) is 42.0 Å². The number of aromatic nitrogens is 2. The maximum Gasteiger partial charge on any atom is 0.148 e. The molecule has 0 saturated heterocycles. The number of hydrogen-bond acceptors (Lipinski definition) is 3. The van der Waals surface area contributed by atoms with Crippen LogP contribution in [-0.4, -0.2) is 16.7 Å². The predicted molar refractivity (Wildman–Crippen MR) is 82.8 cm³/mol. The zero-order chi connectivity index (χ0) is 13.8. The van der Waals surface area contributed by atoms with Gasteiger partial charge in [0.25, 0.3) is 0 Å². The summed E-state index contributed by atoms with van der Waals surface area (Å²) in [6.45, 7) is 3.07. The van der Waals surface area contributed by atoms with Gasteiger partial charge in [0, 0.05) is 12.1 Å². The smallest absolute Gasteiger partial charge is 0.148 e. The fourth-order valence-electron chi connectivity index (χ4n) is 2.50. The number of anilines is 1. The Balaban J connectivity index is 1.71. The summed E-state index contributed by atoms with van der Waals surface area (Å²) in [4.78, 5) is 0. The SMILES string of the molecule is CCCNc1ccc(-c2ccc(C3CCC3)cc2)nn1. The molecule has 1 aromatic heterocycles. The van der Waals surface area contributed by atoms with Crippen molar-refractivity contribution in [1.82, 2.24) is 10.2 Å². The molecule has 2 aromatic rings. The van der Waals surface area contributed by atoms with Crippen LogP contribution in [0.5, 0.6) is 0 Å². The molecule has 3 nitrogen and oxygen atoms in total. The second-order valence-electron chi connectivity index (χ2n) is 5.48. The summed E-state index contributed by atoms with van der Waals surface area (Å²) in [5, 5.41) is 11.8. The van der Waals surface area contributed by atoms with E-state index in [0.717, 1.165) is 36.0 Å². The minimum Gasteiger partial charge on any atom is -0.369 e. The lowest BCUT2D eigenvalue weighted by molar-refractivity contribution is 0.420. The Morgan fingerprint density at radius 1 is 1.05 bits per heavy atom. The monoisotopic (exact) mass is 267 g/mol. The van der Waals surface area contributed by atoms with E-state index < -0.39 is 0 Å². The summed E-state index contributed by atoms with van der Waals surface area (Å²) < 4.78 is 0. The van der Waals surface area contributed by atoms with Crippen molar-refractivity contribution in [3.8, 4) is 11.3 Å². The lowest BCUT2D eigenvalue weighted by Crippen LogP contribution is -2.08. The Hall–Kier alpha value is -1.90. The largest absolute Gasteiger partial charge is 0.369 e. The first-order valence-electron chi connectivity index (χ1n) is 7.55. The third-order valence-corrected chi connectivity index (χ3v) is 4.00. The van der Waals surface area contributed by atoms with Crippen LogP contribution in [0.2, 0.25) is 0 Å². The molecule has 1 aliphatic carbocycles. The molecule has 0 radical (unpaired) electrons. The van der Waals surface area contributed by atoms with Crippen molar-refractivity contribution in [2.75, 3.05) is 11.9 Å². The Labute approximate surface area is 120 Å². The summed E-state index contributed by atoms with van der Waals surface area (Å²) in [7, 11) is 0. The van der Waals surface area contributed by atoms with E-state index in [4.69, 9.17) is 0 Å². The molecule has 1 aliphatic rings. The van der Waals surface area contributed by atoms with Gasteiger partial charge in [-0.05, 0) is 42.9 Å². The third-order valence-electron chi connectivity index (χ3n) is 4.00. The molecule has 1 heterocycles. The number of benzene rings is 1. The van der Waals surface area contributed by atoms with Crippen LogP contribution in [0.25, 0.3) is 11.3 Å². The van der Waals surface area contributed by atoms with Crippen molar-refractivity contribution < 1.29 is 0 Å². The maximum atomic E-state index is 4.30. The van der Waals surface area contributed by atoms with Gasteiger partial charge in [-0.1, -0.05) is 37.6 Å². The Kier molecular flexibility index (Phi) is 3.95. The molecule has 3 heteroatoms. The van der Waals surface area contributed by atoms with Crippen molar-refractivity contribution in [2.24, 2.45) is 0 Å². The lowest BCUT2D eigenvalue weighted by atomic mass is 9.80. The van der Waals surface area contributed by atoms with Crippen LogP contribution in [0.3, 0.4) is 0 Å². The van der Waals surface area contributed by atoms with E-state index in [9.17, 15) is 0 Å². The second kappa shape index (κ2) is 6.04. The molecule has 0 amide bonds. The van der Waals surface area contributed by atoms with Gasteiger partial charge in [0.2, 0.25) is 0 Å². The molecule has 1 aromatic carbocycles. The van der Waals surface area contributed by atoms with Crippen molar-refractivity contribution in [3.63, 3.8) is 0 Å². The lowest BCUT2D eigenvalue weighted by Gasteiger charge is -2.25. The normalized spacial score (nSPS) is 14.8. The van der Waals surface area contributed by atoms with Gasteiger partial charge in [-0.3, -0.25) is 0 Å². The summed E-state index contributed by atoms with van der Waals surface area (Å²) in [5.74, 6) is 1.64. The number of hydrogen-bond donors (Lipinski definition) is 1. The molecule has 1 fully saturated rings. The molecule has 0 atom stereocenters. The first-order chi connectivity index (χ1) is 9.86. The molecular formula is C17H21N3. The third kappa shape index (κ3) is 2.82. The van der Waals surface area contributed by atoms with Gasteiger partial charge in [-0.2, -0.15) is 0 Å². The fraction of sp³-hybridized carbons (Fsp3) is 0.412. The topological polar surface area (TPSA) is 37.8 Å². The summed E-state index contributed by atoms with van der Waals surface area (Å²) in [5.41, 5.74) is 3.55. The molecule has 1 saturated carbocycles. The minimum atomic E-state index is 0.788. The van der Waals surface area contributed by atoms with E-state index in [1.807, 2.05) is 12.1 Å². The van der Waals surface area contributed by atoms with Crippen LogP contribution in [0.1, 0.15) is 44.1 Å². The highest BCUT2D eigenvalue weighted by Gasteiger charge is 2.19. The van der Waals surface area contributed by atoms with Gasteiger partial charge in [-0.25, -0.2) is 0 Å². The second-order valence-corrected chi connectivity index (χ2v) is 5.48. The zero-order valence-corrected chi connectivity index (χ0v) is 12.0. The number of nitrogens with one attached hydrogen (secondary N) is 1. The quantitative estimate of drug-likeness (QED) is 0.880. The van der Waals surface area contributed by atoms with Gasteiger partial charge < -0.3 is 5.32 Å². The molecule has 1 N–H and O–H groups in total. The van der Waals surface area contributed by atoms with Crippen LogP contribution < -0.4 is 5.32 Å². The van der Waals surface area contributed by atoms with Crippen molar-refractivity contribution in [1.29, 1.82) is 0 Å². The number of nitrogens with zero attached hydrogens (tertiary/aromatic N) is 2. The molecule has 0 bridgehead atoms. The average molecular weight is 267 g/mol. The van der Waals surface area contributed by atoms with E-state index in [1.165, 1.54) is 24.8 Å². The van der Waals surface area contributed by atoms with Gasteiger partial charge in [-0.15, -0.1) is 10.2 Å². The van der Waals surface area contributed by atoms with Crippen molar-refractivity contribution in [2.45, 2.75) is 38.5 Å². The molecular weight excluding hydrogens is 246 g/mol. The molecule has 3 rings (SSSR count). The minimum absolute atomic E-state index is 0.788. The van der Waals surface area contributed by atoms with Gasteiger partial charge >= 0.3 is 0 Å². The standard InChI is InChI=1S/C17H21N3/c1-2-12-18-17-11-10-16(19-20-17)15-8-6-14(7-9-15)13-4-3-5-13/h6-11,13H,2-5,12H2,1H3,(H,18,20). The summed E-state index contributed by atoms with van der Waals surface area (Å²) >= 11 is 0. The molecule has 0 aliphatic heterocycles. The average Bonchev–Trinajstić information content (AvgIpc) is 2.45. The van der Waals surface area contributed by atoms with Crippen LogP contribution >= 0.6 is 0 Å². The van der Waals surface area contributed by atoms with Crippen LogP contribution in [0.15, 0.2) is 36.4 Å². The van der Waals surface area contributed by atoms with Crippen LogP contribution in [0.4, 0.5) is 5.82 Å². The van der Waals surface area contributed by atoms with Crippen LogP contribution in [0, 0.1) is 0 Å². The van der Waals surface area contributed by atoms with E-state index in [-0.39, 0.29) is 0 Å². The van der Waals surface area contributed by atoms with Crippen molar-refractivity contribution >= 4 is 5.82 Å². The molecule has 104 valence electrons.